The van der Waals surface area contributed by atoms with Gasteiger partial charge in [0.2, 0.25) is 0 Å². The molecule has 4 fully saturated rings. The minimum atomic E-state index is 0.318. The first-order valence-electron chi connectivity index (χ1n) is 7.28. The van der Waals surface area contributed by atoms with Gasteiger partial charge in [-0.2, -0.15) is 5.21 Å². The van der Waals surface area contributed by atoms with Crippen LogP contribution in [0, 0.1) is 29.6 Å². The van der Waals surface area contributed by atoms with Gasteiger partial charge in [-0.25, -0.2) is 0 Å². The Hall–Kier alpha value is -0.970. The molecule has 5 nitrogen and oxygen atoms in total. The Balaban J connectivity index is 1.64. The molecule has 0 saturated heterocycles. The molecule has 4 saturated carbocycles. The van der Waals surface area contributed by atoms with Crippen molar-refractivity contribution in [1.29, 1.82) is 0 Å². The fourth-order valence-corrected chi connectivity index (χ4v) is 5.39. The molecule has 0 radical (unpaired) electrons. The Bertz CT molecular complexity index is 387. The van der Waals surface area contributed by atoms with Crippen molar-refractivity contribution in [2.45, 2.75) is 38.0 Å². The lowest BCUT2D eigenvalue weighted by Gasteiger charge is -2.56. The highest BCUT2D eigenvalue weighted by Crippen LogP contribution is 2.59. The van der Waals surface area contributed by atoms with E-state index in [-0.39, 0.29) is 0 Å². The van der Waals surface area contributed by atoms with Crippen LogP contribution in [-0.4, -0.2) is 27.2 Å². The lowest BCUT2D eigenvalue weighted by Crippen LogP contribution is -2.48. The van der Waals surface area contributed by atoms with Crippen LogP contribution in [0.15, 0.2) is 0 Å². The summed E-state index contributed by atoms with van der Waals surface area (Å²) in [6.45, 7) is 0.659. The van der Waals surface area contributed by atoms with E-state index in [1.807, 2.05) is 0 Å². The molecule has 98 valence electrons. The zero-order valence-corrected chi connectivity index (χ0v) is 10.6. The largest absolute Gasteiger partial charge is 0.330 e. The summed E-state index contributed by atoms with van der Waals surface area (Å²) in [5.74, 6) is 5.62. The lowest BCUT2D eigenvalue weighted by molar-refractivity contribution is -0.0478. The molecule has 1 atom stereocenters. The molecule has 1 aromatic rings. The van der Waals surface area contributed by atoms with Crippen molar-refractivity contribution >= 4 is 0 Å². The van der Waals surface area contributed by atoms with Crippen molar-refractivity contribution in [2.24, 2.45) is 35.3 Å². The quantitative estimate of drug-likeness (QED) is 0.844. The summed E-state index contributed by atoms with van der Waals surface area (Å²) in [5.41, 5.74) is 6.02. The molecule has 18 heavy (non-hydrogen) atoms. The molecule has 5 heteroatoms. The number of nitrogens with zero attached hydrogens (tertiary/aromatic N) is 3. The van der Waals surface area contributed by atoms with Crippen molar-refractivity contribution < 1.29 is 0 Å². The number of nitrogens with two attached hydrogens (primary N) is 1. The molecule has 3 N–H and O–H groups in total. The summed E-state index contributed by atoms with van der Waals surface area (Å²) in [6.07, 6.45) is 7.19. The van der Waals surface area contributed by atoms with Crippen LogP contribution >= 0.6 is 0 Å². The lowest BCUT2D eigenvalue weighted by atomic mass is 9.49. The minimum absolute atomic E-state index is 0.318. The number of aromatic amines is 1. The van der Waals surface area contributed by atoms with E-state index in [0.29, 0.717) is 18.4 Å². The van der Waals surface area contributed by atoms with E-state index in [1.165, 1.54) is 32.1 Å². The third-order valence-electron chi connectivity index (χ3n) is 5.71. The highest BCUT2D eigenvalue weighted by Gasteiger charge is 2.51. The molecule has 1 unspecified atom stereocenters. The van der Waals surface area contributed by atoms with E-state index >= 15 is 0 Å². The van der Waals surface area contributed by atoms with Gasteiger partial charge in [-0.15, -0.1) is 10.2 Å². The van der Waals surface area contributed by atoms with Crippen LogP contribution < -0.4 is 5.73 Å². The SMILES string of the molecule is NCC(c1nn[nH]n1)C1C2CC3CC(C2)CC1C3. The number of H-pyrrole nitrogens is 1. The fraction of sp³-hybridized carbons (Fsp3) is 0.923. The van der Waals surface area contributed by atoms with E-state index in [2.05, 4.69) is 20.6 Å². The molecule has 1 heterocycles. The maximum absolute atomic E-state index is 6.02. The standard InChI is InChI=1S/C13H21N5/c14-6-11(13-15-17-18-16-13)12-9-2-7-1-8(4-9)5-10(12)3-7/h7-12H,1-6,14H2,(H,15,16,17,18). The van der Waals surface area contributed by atoms with Gasteiger partial charge in [0.15, 0.2) is 5.82 Å². The van der Waals surface area contributed by atoms with E-state index in [1.54, 1.807) is 0 Å². The molecule has 0 spiro atoms. The summed E-state index contributed by atoms with van der Waals surface area (Å²) in [5, 5.41) is 14.7. The predicted octanol–water partition coefficient (Wildman–Crippen LogP) is 1.31. The van der Waals surface area contributed by atoms with Crippen LogP contribution in [0.1, 0.15) is 43.8 Å². The van der Waals surface area contributed by atoms with Crippen molar-refractivity contribution in [3.05, 3.63) is 5.82 Å². The number of hydrogen-bond acceptors (Lipinski definition) is 4. The molecule has 0 aromatic carbocycles. The van der Waals surface area contributed by atoms with Gasteiger partial charge in [0, 0.05) is 12.5 Å². The number of tetrazole rings is 1. The molecule has 4 aliphatic rings. The van der Waals surface area contributed by atoms with Gasteiger partial charge in [0.1, 0.15) is 0 Å². The van der Waals surface area contributed by atoms with E-state index in [0.717, 1.165) is 29.5 Å². The monoisotopic (exact) mass is 247 g/mol. The van der Waals surface area contributed by atoms with Crippen molar-refractivity contribution in [3.8, 4) is 0 Å². The van der Waals surface area contributed by atoms with Crippen LogP contribution in [0.5, 0.6) is 0 Å². The van der Waals surface area contributed by atoms with Gasteiger partial charge in [0.05, 0.1) is 0 Å². The van der Waals surface area contributed by atoms with Crippen LogP contribution in [0.2, 0.25) is 0 Å². The van der Waals surface area contributed by atoms with Crippen molar-refractivity contribution in [1.82, 2.24) is 20.6 Å². The third kappa shape index (κ3) is 1.53. The van der Waals surface area contributed by atoms with Crippen LogP contribution in [0.4, 0.5) is 0 Å². The summed E-state index contributed by atoms with van der Waals surface area (Å²) in [4.78, 5) is 0. The summed E-state index contributed by atoms with van der Waals surface area (Å²) >= 11 is 0. The number of hydrogen-bond donors (Lipinski definition) is 2. The minimum Gasteiger partial charge on any atom is -0.330 e. The Morgan fingerprint density at radius 3 is 2.28 bits per heavy atom. The van der Waals surface area contributed by atoms with Crippen molar-refractivity contribution in [3.63, 3.8) is 0 Å². The molecule has 0 amide bonds. The topological polar surface area (TPSA) is 80.5 Å². The Morgan fingerprint density at radius 2 is 1.78 bits per heavy atom. The van der Waals surface area contributed by atoms with Crippen LogP contribution in [-0.2, 0) is 0 Å². The second-order valence-electron chi connectivity index (χ2n) is 6.62. The average molecular weight is 247 g/mol. The van der Waals surface area contributed by atoms with E-state index < -0.39 is 0 Å². The van der Waals surface area contributed by atoms with Gasteiger partial charge in [0.25, 0.3) is 0 Å². The van der Waals surface area contributed by atoms with Crippen LogP contribution in [0.25, 0.3) is 0 Å². The summed E-state index contributed by atoms with van der Waals surface area (Å²) in [6, 6.07) is 0. The van der Waals surface area contributed by atoms with Gasteiger partial charge >= 0.3 is 0 Å². The molecule has 4 aliphatic carbocycles. The third-order valence-corrected chi connectivity index (χ3v) is 5.71. The van der Waals surface area contributed by atoms with E-state index in [9.17, 15) is 0 Å². The van der Waals surface area contributed by atoms with E-state index in [4.69, 9.17) is 5.73 Å². The molecule has 5 rings (SSSR count). The smallest absolute Gasteiger partial charge is 0.179 e. The number of nitrogens with one attached hydrogen (secondary N) is 1. The number of rotatable bonds is 3. The Morgan fingerprint density at radius 1 is 1.11 bits per heavy atom. The first-order chi connectivity index (χ1) is 8.85. The maximum atomic E-state index is 6.02. The fourth-order valence-electron chi connectivity index (χ4n) is 5.39. The highest BCUT2D eigenvalue weighted by molar-refractivity contribution is 5.07. The average Bonchev–Trinajstić information content (AvgIpc) is 2.86. The second kappa shape index (κ2) is 4.02. The second-order valence-corrected chi connectivity index (χ2v) is 6.62. The number of aromatic nitrogens is 4. The molecule has 1 aromatic heterocycles. The van der Waals surface area contributed by atoms with Gasteiger partial charge in [-0.1, -0.05) is 5.21 Å². The Kier molecular flexibility index (Phi) is 2.43. The Labute approximate surface area is 107 Å². The first-order valence-corrected chi connectivity index (χ1v) is 7.28. The predicted molar refractivity (Wildman–Crippen MR) is 66.5 cm³/mol. The zero-order valence-electron chi connectivity index (χ0n) is 10.6. The van der Waals surface area contributed by atoms with Crippen LogP contribution in [0.3, 0.4) is 0 Å². The summed E-state index contributed by atoms with van der Waals surface area (Å²) in [7, 11) is 0. The van der Waals surface area contributed by atoms with Gasteiger partial charge in [-0.05, 0) is 61.7 Å². The molecule has 0 aliphatic heterocycles. The first kappa shape index (κ1) is 10.9. The normalized spacial score (nSPS) is 43.3. The van der Waals surface area contributed by atoms with Gasteiger partial charge in [-0.3, -0.25) is 0 Å². The maximum Gasteiger partial charge on any atom is 0.179 e. The zero-order chi connectivity index (χ0) is 12.1. The van der Waals surface area contributed by atoms with Crippen molar-refractivity contribution in [2.75, 3.05) is 6.54 Å². The van der Waals surface area contributed by atoms with Gasteiger partial charge < -0.3 is 5.73 Å². The highest BCUT2D eigenvalue weighted by atomic mass is 15.5. The molecular weight excluding hydrogens is 226 g/mol. The summed E-state index contributed by atoms with van der Waals surface area (Å²) < 4.78 is 0. The molecule has 4 bridgehead atoms. The molecular formula is C13H21N5.